The zero-order chi connectivity index (χ0) is 29.8. The van der Waals surface area contributed by atoms with Crippen LogP contribution in [0.2, 0.25) is 0 Å². The van der Waals surface area contributed by atoms with E-state index in [0.29, 0.717) is 12.8 Å². The summed E-state index contributed by atoms with van der Waals surface area (Å²) in [5.74, 6) is -2.93. The second-order valence-electron chi connectivity index (χ2n) is 11.8. The number of benzene rings is 2. The molecule has 2 fully saturated rings. The van der Waals surface area contributed by atoms with Gasteiger partial charge in [-0.3, -0.25) is 19.6 Å². The van der Waals surface area contributed by atoms with E-state index in [4.69, 9.17) is 30.4 Å². The van der Waals surface area contributed by atoms with Crippen LogP contribution in [0.4, 0.5) is 0 Å². The highest BCUT2D eigenvalue weighted by atomic mass is 16.8. The number of hydrogen-bond acceptors (Lipinski definition) is 8. The Morgan fingerprint density at radius 1 is 0.619 bits per heavy atom. The van der Waals surface area contributed by atoms with Crippen molar-refractivity contribution < 1.29 is 28.5 Å². The minimum Gasteiger partial charge on any atom is -0.367 e. The standard InChI is InChI=1S/C32H34N4O6/c1-31(2)39-25(27(41-31)29(33)37)23-13-21(15-35-23)19-9-5-17(6-10-19)18-7-11-20(12-8-18)22-14-24(36-16-22)26-28(30(34)38)42-32(3,4)40-26/h5-12,15-16,25-28H,13-14H2,1-4H3,(H2,33,37)(H2,34,38)/t25-,26-,27+,28+/m0/s1. The number of nitrogens with zero attached hydrogens (tertiary/aromatic N) is 2. The molecular formula is C32H34N4O6. The van der Waals surface area contributed by atoms with Crippen molar-refractivity contribution >= 4 is 34.4 Å². The lowest BCUT2D eigenvalue weighted by Gasteiger charge is -2.17. The Labute approximate surface area is 244 Å². The van der Waals surface area contributed by atoms with Gasteiger partial charge >= 0.3 is 0 Å². The number of hydrogen-bond donors (Lipinski definition) is 2. The molecule has 4 atom stereocenters. The molecule has 4 heterocycles. The van der Waals surface area contributed by atoms with E-state index < -0.39 is 47.8 Å². The van der Waals surface area contributed by atoms with Gasteiger partial charge in [0, 0.05) is 25.2 Å². The first kappa shape index (κ1) is 28.2. The molecular weight excluding hydrogens is 536 g/mol. The largest absolute Gasteiger partial charge is 0.367 e. The number of carbonyl (C=O) groups is 2. The maximum atomic E-state index is 11.9. The van der Waals surface area contributed by atoms with Crippen LogP contribution in [-0.4, -0.2) is 59.2 Å². The van der Waals surface area contributed by atoms with E-state index in [1.165, 1.54) is 0 Å². The van der Waals surface area contributed by atoms with Crippen LogP contribution in [0.25, 0.3) is 22.3 Å². The van der Waals surface area contributed by atoms with Gasteiger partial charge in [0.15, 0.2) is 23.8 Å². The summed E-state index contributed by atoms with van der Waals surface area (Å²) >= 11 is 0. The minimum absolute atomic E-state index is 0.552. The molecule has 2 saturated heterocycles. The SMILES string of the molecule is CC1(C)O[C@@H](C(N)=O)[C@H](C2=NC=C(c3ccc(-c4ccc(C5=CN=C([C@@H]6OC(C)(C)O[C@H]6C(N)=O)C5)cc4)cc3)C2)O1. The molecule has 6 rings (SSSR count). The van der Waals surface area contributed by atoms with E-state index in [0.717, 1.165) is 44.8 Å². The van der Waals surface area contributed by atoms with E-state index in [-0.39, 0.29) is 0 Å². The lowest BCUT2D eigenvalue weighted by molar-refractivity contribution is -0.152. The van der Waals surface area contributed by atoms with Gasteiger partial charge in [-0.25, -0.2) is 0 Å². The smallest absolute Gasteiger partial charge is 0.249 e. The van der Waals surface area contributed by atoms with Crippen molar-refractivity contribution in [3.8, 4) is 11.1 Å². The van der Waals surface area contributed by atoms with Crippen LogP contribution < -0.4 is 11.5 Å². The van der Waals surface area contributed by atoms with Crippen molar-refractivity contribution in [2.75, 3.05) is 0 Å². The molecule has 0 aliphatic carbocycles. The van der Waals surface area contributed by atoms with E-state index in [1.807, 2.05) is 12.4 Å². The summed E-state index contributed by atoms with van der Waals surface area (Å²) in [5.41, 5.74) is 18.9. The molecule has 0 unspecified atom stereocenters. The van der Waals surface area contributed by atoms with Gasteiger partial charge in [-0.1, -0.05) is 48.5 Å². The topological polar surface area (TPSA) is 148 Å². The van der Waals surface area contributed by atoms with E-state index in [1.54, 1.807) is 27.7 Å². The zero-order valence-electron chi connectivity index (χ0n) is 24.0. The number of rotatable bonds is 7. The quantitative estimate of drug-likeness (QED) is 0.518. The van der Waals surface area contributed by atoms with Crippen molar-refractivity contribution in [2.45, 2.75) is 76.5 Å². The van der Waals surface area contributed by atoms with Crippen LogP contribution >= 0.6 is 0 Å². The maximum Gasteiger partial charge on any atom is 0.249 e. The first-order valence-electron chi connectivity index (χ1n) is 13.9. The molecule has 2 aromatic rings. The average Bonchev–Trinajstić information content (AvgIpc) is 3.73. The Hall–Kier alpha value is -3.96. The van der Waals surface area contributed by atoms with Crippen molar-refractivity contribution in [3.05, 3.63) is 72.1 Å². The Morgan fingerprint density at radius 2 is 0.952 bits per heavy atom. The third-order valence-electron chi connectivity index (χ3n) is 7.77. The molecule has 0 aromatic heterocycles. The molecule has 218 valence electrons. The Kier molecular flexibility index (Phi) is 6.97. The summed E-state index contributed by atoms with van der Waals surface area (Å²) in [6.07, 6.45) is 1.80. The van der Waals surface area contributed by atoms with Gasteiger partial charge in [0.25, 0.3) is 0 Å². The molecule has 4 aliphatic heterocycles. The summed E-state index contributed by atoms with van der Waals surface area (Å²) in [5, 5.41) is 0. The number of aliphatic imine (C=N–C) groups is 2. The number of carbonyl (C=O) groups excluding carboxylic acids is 2. The van der Waals surface area contributed by atoms with Crippen molar-refractivity contribution in [3.63, 3.8) is 0 Å². The fourth-order valence-corrected chi connectivity index (χ4v) is 5.78. The van der Waals surface area contributed by atoms with Crippen molar-refractivity contribution in [1.82, 2.24) is 0 Å². The summed E-state index contributed by atoms with van der Waals surface area (Å²) < 4.78 is 23.3. The van der Waals surface area contributed by atoms with Gasteiger partial charge in [-0.15, -0.1) is 0 Å². The predicted molar refractivity (Wildman–Crippen MR) is 158 cm³/mol. The second-order valence-corrected chi connectivity index (χ2v) is 11.8. The monoisotopic (exact) mass is 570 g/mol. The normalized spacial score (nSPS) is 27.8. The van der Waals surface area contributed by atoms with Crippen LogP contribution in [0.3, 0.4) is 0 Å². The van der Waals surface area contributed by atoms with Gasteiger partial charge in [0.05, 0.1) is 11.4 Å². The van der Waals surface area contributed by atoms with Gasteiger partial charge in [0.1, 0.15) is 12.2 Å². The molecule has 10 nitrogen and oxygen atoms in total. The molecule has 0 bridgehead atoms. The average molecular weight is 571 g/mol. The number of allylic oxidation sites excluding steroid dienone is 2. The van der Waals surface area contributed by atoms with E-state index >= 15 is 0 Å². The maximum absolute atomic E-state index is 11.9. The Morgan fingerprint density at radius 3 is 1.29 bits per heavy atom. The van der Waals surface area contributed by atoms with Crippen LogP contribution in [0.5, 0.6) is 0 Å². The summed E-state index contributed by atoms with van der Waals surface area (Å²) in [6, 6.07) is 16.6. The highest BCUT2D eigenvalue weighted by Gasteiger charge is 2.48. The molecule has 0 radical (unpaired) electrons. The van der Waals surface area contributed by atoms with Gasteiger partial charge in [-0.05, 0) is 61.1 Å². The van der Waals surface area contributed by atoms with Crippen molar-refractivity contribution in [1.29, 1.82) is 0 Å². The fraction of sp³-hybridized carbons (Fsp3) is 0.375. The van der Waals surface area contributed by atoms with Crippen molar-refractivity contribution in [2.24, 2.45) is 21.5 Å². The number of primary amides is 2. The molecule has 0 saturated carbocycles. The van der Waals surface area contributed by atoms with Crippen LogP contribution in [0, 0.1) is 0 Å². The van der Waals surface area contributed by atoms with Crippen LogP contribution in [0.1, 0.15) is 51.7 Å². The molecule has 10 heteroatoms. The summed E-state index contributed by atoms with van der Waals surface area (Å²) in [6.45, 7) is 7.04. The number of amides is 2. The minimum atomic E-state index is -0.902. The highest BCUT2D eigenvalue weighted by Crippen LogP contribution is 2.36. The molecule has 0 spiro atoms. The predicted octanol–water partition coefficient (Wildman–Crippen LogP) is 3.74. The fourth-order valence-electron chi connectivity index (χ4n) is 5.78. The highest BCUT2D eigenvalue weighted by molar-refractivity contribution is 6.05. The molecule has 4 N–H and O–H groups in total. The van der Waals surface area contributed by atoms with Gasteiger partial charge in [0.2, 0.25) is 11.8 Å². The van der Waals surface area contributed by atoms with Crippen LogP contribution in [-0.2, 0) is 28.5 Å². The first-order valence-corrected chi connectivity index (χ1v) is 13.9. The first-order chi connectivity index (χ1) is 19.9. The lowest BCUT2D eigenvalue weighted by atomic mass is 9.95. The third-order valence-corrected chi connectivity index (χ3v) is 7.77. The summed E-state index contributed by atoms with van der Waals surface area (Å²) in [7, 11) is 0. The molecule has 2 amide bonds. The number of nitrogens with two attached hydrogens (primary N) is 2. The number of ether oxygens (including phenoxy) is 4. The Bertz CT molecular complexity index is 1430. The van der Waals surface area contributed by atoms with Gasteiger partial charge < -0.3 is 30.4 Å². The third kappa shape index (κ3) is 5.46. The molecule has 2 aromatic carbocycles. The Balaban J connectivity index is 1.08. The van der Waals surface area contributed by atoms with Gasteiger partial charge in [-0.2, -0.15) is 0 Å². The molecule has 4 aliphatic rings. The molecule has 42 heavy (non-hydrogen) atoms. The summed E-state index contributed by atoms with van der Waals surface area (Å²) in [4.78, 5) is 32.9. The lowest BCUT2D eigenvalue weighted by Crippen LogP contribution is -2.40. The second kappa shape index (κ2) is 10.4. The van der Waals surface area contributed by atoms with Crippen LogP contribution in [0.15, 0.2) is 70.9 Å². The van der Waals surface area contributed by atoms with E-state index in [9.17, 15) is 9.59 Å². The zero-order valence-corrected chi connectivity index (χ0v) is 24.0. The van der Waals surface area contributed by atoms with E-state index in [2.05, 4.69) is 58.5 Å².